The van der Waals surface area contributed by atoms with Gasteiger partial charge in [0.15, 0.2) is 0 Å². The normalized spacial score (nSPS) is 16.3. The highest BCUT2D eigenvalue weighted by atomic mass is 32.1. The Labute approximate surface area is 183 Å². The number of rotatable bonds is 6. The van der Waals surface area contributed by atoms with Gasteiger partial charge in [0, 0.05) is 43.3 Å². The first-order chi connectivity index (χ1) is 14.6. The molecule has 2 aromatic carbocycles. The SMILES string of the molecule is Cc1ccc(C)c(NC(=O)[C@H](c2ccccc2)N2CCN(Cc3cccs3)CC2)c1. The number of piperazine rings is 1. The van der Waals surface area contributed by atoms with Gasteiger partial charge in [0.1, 0.15) is 6.04 Å². The van der Waals surface area contributed by atoms with E-state index in [4.69, 9.17) is 0 Å². The van der Waals surface area contributed by atoms with Gasteiger partial charge in [-0.1, -0.05) is 48.5 Å². The zero-order valence-corrected chi connectivity index (χ0v) is 18.5. The molecule has 0 aliphatic carbocycles. The number of thiophene rings is 1. The monoisotopic (exact) mass is 419 g/mol. The van der Waals surface area contributed by atoms with E-state index in [1.165, 1.54) is 4.88 Å². The topological polar surface area (TPSA) is 35.6 Å². The maximum atomic E-state index is 13.4. The summed E-state index contributed by atoms with van der Waals surface area (Å²) in [6.07, 6.45) is 0. The van der Waals surface area contributed by atoms with Crippen LogP contribution >= 0.6 is 11.3 Å². The van der Waals surface area contributed by atoms with E-state index < -0.39 is 0 Å². The molecule has 1 amide bonds. The molecule has 0 radical (unpaired) electrons. The summed E-state index contributed by atoms with van der Waals surface area (Å²) in [4.78, 5) is 19.6. The third-order valence-corrected chi connectivity index (χ3v) is 6.61. The number of carbonyl (C=O) groups excluding carboxylic acids is 1. The quantitative estimate of drug-likeness (QED) is 0.620. The predicted octanol–water partition coefficient (Wildman–Crippen LogP) is 4.86. The Morgan fingerprint density at radius 1 is 1.00 bits per heavy atom. The molecule has 1 fully saturated rings. The van der Waals surface area contributed by atoms with Crippen molar-refractivity contribution in [1.82, 2.24) is 9.80 Å². The van der Waals surface area contributed by atoms with Crippen LogP contribution in [0.3, 0.4) is 0 Å². The molecule has 0 saturated carbocycles. The van der Waals surface area contributed by atoms with Gasteiger partial charge in [-0.05, 0) is 48.1 Å². The summed E-state index contributed by atoms with van der Waals surface area (Å²) >= 11 is 1.81. The van der Waals surface area contributed by atoms with E-state index in [0.717, 1.165) is 55.1 Å². The van der Waals surface area contributed by atoms with E-state index in [1.807, 2.05) is 42.5 Å². The molecule has 0 unspecified atom stereocenters. The lowest BCUT2D eigenvalue weighted by atomic mass is 10.0. The van der Waals surface area contributed by atoms with Gasteiger partial charge in [-0.2, -0.15) is 0 Å². The van der Waals surface area contributed by atoms with Gasteiger partial charge in [0.25, 0.3) is 0 Å². The fourth-order valence-corrected chi connectivity index (χ4v) is 4.78. The molecule has 1 aliphatic rings. The van der Waals surface area contributed by atoms with E-state index >= 15 is 0 Å². The molecule has 4 rings (SSSR count). The van der Waals surface area contributed by atoms with Gasteiger partial charge in [-0.25, -0.2) is 0 Å². The molecule has 0 bridgehead atoms. The van der Waals surface area contributed by atoms with Crippen molar-refractivity contribution in [3.63, 3.8) is 0 Å². The van der Waals surface area contributed by atoms with Crippen LogP contribution in [0.4, 0.5) is 5.69 Å². The highest BCUT2D eigenvalue weighted by Gasteiger charge is 2.30. The number of benzene rings is 2. The zero-order chi connectivity index (χ0) is 20.9. The summed E-state index contributed by atoms with van der Waals surface area (Å²) in [6, 6.07) is 20.4. The second-order valence-corrected chi connectivity index (χ2v) is 9.04. The third kappa shape index (κ3) is 4.98. The number of amides is 1. The summed E-state index contributed by atoms with van der Waals surface area (Å²) in [5.41, 5.74) is 4.18. The number of aryl methyl sites for hydroxylation is 2. The van der Waals surface area contributed by atoms with Crippen molar-refractivity contribution < 1.29 is 4.79 Å². The van der Waals surface area contributed by atoms with Crippen molar-refractivity contribution in [2.75, 3.05) is 31.5 Å². The van der Waals surface area contributed by atoms with Crippen LogP contribution in [0, 0.1) is 13.8 Å². The lowest BCUT2D eigenvalue weighted by Crippen LogP contribution is -2.49. The number of hydrogen-bond donors (Lipinski definition) is 1. The third-order valence-electron chi connectivity index (χ3n) is 5.75. The largest absolute Gasteiger partial charge is 0.324 e. The molecule has 30 heavy (non-hydrogen) atoms. The smallest absolute Gasteiger partial charge is 0.246 e. The molecule has 5 heteroatoms. The number of nitrogens with zero attached hydrogens (tertiary/aromatic N) is 2. The standard InChI is InChI=1S/C25H29N3OS/c1-19-10-11-20(2)23(17-19)26-25(29)24(21-7-4-3-5-8-21)28-14-12-27(13-15-28)18-22-9-6-16-30-22/h3-11,16-17,24H,12-15,18H2,1-2H3,(H,26,29)/t24-/m0/s1. The average molecular weight is 420 g/mol. The number of nitrogens with one attached hydrogen (secondary N) is 1. The molecule has 4 nitrogen and oxygen atoms in total. The minimum Gasteiger partial charge on any atom is -0.324 e. The fraction of sp³-hybridized carbons (Fsp3) is 0.320. The second kappa shape index (κ2) is 9.56. The first-order valence-corrected chi connectivity index (χ1v) is 11.4. The lowest BCUT2D eigenvalue weighted by molar-refractivity contribution is -0.122. The van der Waals surface area contributed by atoms with Crippen LogP contribution in [0.15, 0.2) is 66.0 Å². The minimum atomic E-state index is -0.282. The van der Waals surface area contributed by atoms with Crippen molar-refractivity contribution in [3.05, 3.63) is 87.6 Å². The molecular weight excluding hydrogens is 390 g/mol. The second-order valence-electron chi connectivity index (χ2n) is 8.01. The molecule has 3 aromatic rings. The Bertz CT molecular complexity index is 963. The molecule has 1 saturated heterocycles. The Morgan fingerprint density at radius 3 is 2.47 bits per heavy atom. The summed E-state index contributed by atoms with van der Waals surface area (Å²) in [7, 11) is 0. The van der Waals surface area contributed by atoms with Crippen molar-refractivity contribution in [1.29, 1.82) is 0 Å². The summed E-state index contributed by atoms with van der Waals surface area (Å²) in [6.45, 7) is 8.79. The lowest BCUT2D eigenvalue weighted by Gasteiger charge is -2.38. The Hall–Kier alpha value is -2.47. The van der Waals surface area contributed by atoms with E-state index in [2.05, 4.69) is 63.8 Å². The van der Waals surface area contributed by atoms with Crippen LogP contribution < -0.4 is 5.32 Å². The van der Waals surface area contributed by atoms with Gasteiger partial charge in [-0.15, -0.1) is 11.3 Å². The van der Waals surface area contributed by atoms with E-state index in [1.54, 1.807) is 0 Å². The Kier molecular flexibility index (Phi) is 6.62. The minimum absolute atomic E-state index is 0.0432. The molecule has 156 valence electrons. The van der Waals surface area contributed by atoms with Gasteiger partial charge < -0.3 is 5.32 Å². The van der Waals surface area contributed by atoms with Crippen LogP contribution in [0.5, 0.6) is 0 Å². The van der Waals surface area contributed by atoms with Crippen LogP contribution in [0.2, 0.25) is 0 Å². The Balaban J connectivity index is 1.49. The first kappa shape index (κ1) is 20.8. The van der Waals surface area contributed by atoms with Gasteiger partial charge in [0.2, 0.25) is 5.91 Å². The number of anilines is 1. The van der Waals surface area contributed by atoms with Gasteiger partial charge in [0.05, 0.1) is 0 Å². The van der Waals surface area contributed by atoms with Crippen LogP contribution in [0.1, 0.15) is 27.6 Å². The van der Waals surface area contributed by atoms with Gasteiger partial charge >= 0.3 is 0 Å². The summed E-state index contributed by atoms with van der Waals surface area (Å²) in [5.74, 6) is 0.0432. The molecule has 0 spiro atoms. The molecule has 1 N–H and O–H groups in total. The van der Waals surface area contributed by atoms with Crippen molar-refractivity contribution in [3.8, 4) is 0 Å². The number of hydrogen-bond acceptors (Lipinski definition) is 4. The Morgan fingerprint density at radius 2 is 1.77 bits per heavy atom. The predicted molar refractivity (Wildman–Crippen MR) is 125 cm³/mol. The first-order valence-electron chi connectivity index (χ1n) is 10.5. The van der Waals surface area contributed by atoms with Crippen molar-refractivity contribution in [2.45, 2.75) is 26.4 Å². The average Bonchev–Trinajstić information content (AvgIpc) is 3.26. The van der Waals surface area contributed by atoms with E-state index in [9.17, 15) is 4.79 Å². The molecular formula is C25H29N3OS. The van der Waals surface area contributed by atoms with Gasteiger partial charge in [-0.3, -0.25) is 14.6 Å². The van der Waals surface area contributed by atoms with E-state index in [0.29, 0.717) is 0 Å². The maximum Gasteiger partial charge on any atom is 0.246 e. The summed E-state index contributed by atoms with van der Waals surface area (Å²) in [5, 5.41) is 5.34. The van der Waals surface area contributed by atoms with Crippen molar-refractivity contribution >= 4 is 22.9 Å². The molecule has 1 atom stereocenters. The van der Waals surface area contributed by atoms with Crippen LogP contribution in [-0.2, 0) is 11.3 Å². The van der Waals surface area contributed by atoms with Crippen molar-refractivity contribution in [2.24, 2.45) is 0 Å². The molecule has 1 aliphatic heterocycles. The fourth-order valence-electron chi connectivity index (χ4n) is 4.04. The highest BCUT2D eigenvalue weighted by Crippen LogP contribution is 2.26. The molecule has 2 heterocycles. The summed E-state index contributed by atoms with van der Waals surface area (Å²) < 4.78 is 0. The molecule has 1 aromatic heterocycles. The highest BCUT2D eigenvalue weighted by molar-refractivity contribution is 7.09. The zero-order valence-electron chi connectivity index (χ0n) is 17.7. The number of carbonyl (C=O) groups is 1. The maximum absolute atomic E-state index is 13.4. The van der Waals surface area contributed by atoms with Crippen LogP contribution in [0.25, 0.3) is 0 Å². The van der Waals surface area contributed by atoms with Crippen LogP contribution in [-0.4, -0.2) is 41.9 Å². The van der Waals surface area contributed by atoms with E-state index in [-0.39, 0.29) is 11.9 Å².